The lowest BCUT2D eigenvalue weighted by molar-refractivity contribution is -0.115. The van der Waals surface area contributed by atoms with E-state index in [2.05, 4.69) is 35.3 Å². The number of ether oxygens (including phenoxy) is 1. The first-order valence-corrected chi connectivity index (χ1v) is 17.1. The number of hydrogen-bond acceptors (Lipinski definition) is 10. The van der Waals surface area contributed by atoms with Crippen molar-refractivity contribution in [3.05, 3.63) is 59.9 Å². The van der Waals surface area contributed by atoms with Gasteiger partial charge in [-0.3, -0.25) is 19.4 Å². The molecule has 2 aromatic carbocycles. The SMILES string of the molecule is CCC(=O)Nc1cc(Nc2cc(N3OCC[C@@H]3c3cc(F)cc(F)c3)ncn2)c(OC)cc1N1CCC(N2CCN(C3CC3)CC2)CC1. The van der Waals surface area contributed by atoms with Gasteiger partial charge < -0.3 is 20.3 Å². The smallest absolute Gasteiger partial charge is 0.224 e. The van der Waals surface area contributed by atoms with Gasteiger partial charge in [-0.15, -0.1) is 0 Å². The van der Waals surface area contributed by atoms with Gasteiger partial charge in [-0.05, 0) is 49.4 Å². The highest BCUT2D eigenvalue weighted by Gasteiger charge is 2.34. The van der Waals surface area contributed by atoms with Crippen LogP contribution in [0.5, 0.6) is 5.75 Å². The van der Waals surface area contributed by atoms with Crippen LogP contribution >= 0.6 is 0 Å². The fraction of sp³-hybridized carbons (Fsp3) is 0.514. The first kappa shape index (κ1) is 32.5. The van der Waals surface area contributed by atoms with Crippen molar-refractivity contribution in [1.29, 1.82) is 0 Å². The molecule has 3 saturated heterocycles. The fourth-order valence-corrected chi connectivity index (χ4v) is 7.25. The maximum atomic E-state index is 14.0. The number of amides is 1. The van der Waals surface area contributed by atoms with Gasteiger partial charge in [0.1, 0.15) is 29.5 Å². The molecule has 7 rings (SSSR count). The second-order valence-electron chi connectivity index (χ2n) is 13.0. The Morgan fingerprint density at radius 2 is 1.56 bits per heavy atom. The molecule has 3 aromatic rings. The van der Waals surface area contributed by atoms with Gasteiger partial charge in [0, 0.05) is 82.4 Å². The lowest BCUT2D eigenvalue weighted by Gasteiger charge is -2.43. The van der Waals surface area contributed by atoms with Crippen molar-refractivity contribution in [2.45, 2.75) is 63.6 Å². The fourth-order valence-electron chi connectivity index (χ4n) is 7.25. The van der Waals surface area contributed by atoms with Crippen LogP contribution in [0.1, 0.15) is 57.1 Å². The summed E-state index contributed by atoms with van der Waals surface area (Å²) < 4.78 is 33.9. The molecule has 4 heterocycles. The number of carbonyl (C=O) groups excluding carboxylic acids is 1. The maximum Gasteiger partial charge on any atom is 0.224 e. The summed E-state index contributed by atoms with van der Waals surface area (Å²) >= 11 is 0. The van der Waals surface area contributed by atoms with Crippen molar-refractivity contribution in [3.8, 4) is 5.75 Å². The lowest BCUT2D eigenvalue weighted by Crippen LogP contribution is -2.53. The van der Waals surface area contributed by atoms with Gasteiger partial charge in [0.15, 0.2) is 5.82 Å². The number of hydrogen-bond donors (Lipinski definition) is 2. The number of halogens is 2. The third kappa shape index (κ3) is 7.18. The van der Waals surface area contributed by atoms with Gasteiger partial charge in [-0.2, -0.15) is 0 Å². The predicted octanol–water partition coefficient (Wildman–Crippen LogP) is 5.49. The minimum Gasteiger partial charge on any atom is -0.494 e. The Hall–Kier alpha value is -4.07. The van der Waals surface area contributed by atoms with Crippen LogP contribution in [0.25, 0.3) is 0 Å². The Balaban J connectivity index is 1.08. The molecule has 0 bridgehead atoms. The number of piperidine rings is 1. The summed E-state index contributed by atoms with van der Waals surface area (Å²) in [7, 11) is 1.62. The number of anilines is 5. The summed E-state index contributed by atoms with van der Waals surface area (Å²) in [5.74, 6) is 0.132. The number of nitrogens with zero attached hydrogens (tertiary/aromatic N) is 6. The van der Waals surface area contributed by atoms with E-state index < -0.39 is 17.7 Å². The van der Waals surface area contributed by atoms with Crippen LogP contribution in [-0.4, -0.2) is 90.7 Å². The number of aromatic nitrogens is 2. The summed E-state index contributed by atoms with van der Waals surface area (Å²) in [5, 5.41) is 8.00. The van der Waals surface area contributed by atoms with Crippen LogP contribution in [-0.2, 0) is 9.63 Å². The highest BCUT2D eigenvalue weighted by molar-refractivity contribution is 5.96. The van der Waals surface area contributed by atoms with Crippen LogP contribution < -0.4 is 25.3 Å². The zero-order valence-electron chi connectivity index (χ0n) is 27.6. The summed E-state index contributed by atoms with van der Waals surface area (Å²) in [6.45, 7) is 8.63. The maximum absolute atomic E-state index is 14.0. The number of methoxy groups -OCH3 is 1. The summed E-state index contributed by atoms with van der Waals surface area (Å²) in [6.07, 6.45) is 7.16. The molecule has 4 fully saturated rings. The van der Waals surface area contributed by atoms with Crippen LogP contribution in [0, 0.1) is 11.6 Å². The topological polar surface area (TPSA) is 98.3 Å². The van der Waals surface area contributed by atoms with Crippen molar-refractivity contribution < 1.29 is 23.1 Å². The predicted molar refractivity (Wildman–Crippen MR) is 181 cm³/mol. The summed E-state index contributed by atoms with van der Waals surface area (Å²) in [4.78, 5) is 35.0. The van der Waals surface area contributed by atoms with Crippen molar-refractivity contribution in [2.75, 3.05) is 73.6 Å². The lowest BCUT2D eigenvalue weighted by atomic mass is 10.0. The van der Waals surface area contributed by atoms with Gasteiger partial charge in [0.2, 0.25) is 5.91 Å². The van der Waals surface area contributed by atoms with Crippen molar-refractivity contribution in [2.24, 2.45) is 0 Å². The molecule has 256 valence electrons. The zero-order chi connectivity index (χ0) is 33.2. The van der Waals surface area contributed by atoms with Crippen molar-refractivity contribution in [1.82, 2.24) is 19.8 Å². The number of piperazine rings is 1. The number of nitrogens with one attached hydrogen (secondary N) is 2. The number of benzene rings is 2. The van der Waals surface area contributed by atoms with E-state index in [0.717, 1.165) is 56.8 Å². The Morgan fingerprint density at radius 3 is 2.21 bits per heavy atom. The second-order valence-corrected chi connectivity index (χ2v) is 13.0. The first-order valence-electron chi connectivity index (χ1n) is 17.1. The molecule has 3 aliphatic heterocycles. The molecule has 4 aliphatic rings. The zero-order valence-corrected chi connectivity index (χ0v) is 27.6. The van der Waals surface area contributed by atoms with E-state index in [1.165, 1.54) is 44.4 Å². The van der Waals surface area contributed by atoms with Gasteiger partial charge in [-0.1, -0.05) is 6.92 Å². The molecule has 13 heteroatoms. The highest BCUT2D eigenvalue weighted by Crippen LogP contribution is 2.41. The van der Waals surface area contributed by atoms with E-state index in [1.807, 2.05) is 19.1 Å². The van der Waals surface area contributed by atoms with E-state index in [9.17, 15) is 13.6 Å². The molecule has 0 spiro atoms. The molecule has 48 heavy (non-hydrogen) atoms. The minimum atomic E-state index is -0.644. The molecule has 11 nitrogen and oxygen atoms in total. The van der Waals surface area contributed by atoms with E-state index in [-0.39, 0.29) is 5.91 Å². The van der Waals surface area contributed by atoms with Crippen molar-refractivity contribution in [3.63, 3.8) is 0 Å². The van der Waals surface area contributed by atoms with Gasteiger partial charge in [0.05, 0.1) is 36.8 Å². The molecule has 1 aromatic heterocycles. The van der Waals surface area contributed by atoms with E-state index in [0.29, 0.717) is 59.8 Å². The third-order valence-corrected chi connectivity index (χ3v) is 9.96. The number of rotatable bonds is 10. The Bertz CT molecular complexity index is 1590. The van der Waals surface area contributed by atoms with E-state index >= 15 is 0 Å². The van der Waals surface area contributed by atoms with Crippen LogP contribution in [0.3, 0.4) is 0 Å². The highest BCUT2D eigenvalue weighted by atomic mass is 19.1. The average molecular weight is 663 g/mol. The minimum absolute atomic E-state index is 0.0777. The van der Waals surface area contributed by atoms with Crippen LogP contribution in [0.15, 0.2) is 42.7 Å². The molecular weight excluding hydrogens is 618 g/mol. The molecule has 1 saturated carbocycles. The van der Waals surface area contributed by atoms with Crippen LogP contribution in [0.2, 0.25) is 0 Å². The van der Waals surface area contributed by atoms with E-state index in [1.54, 1.807) is 18.2 Å². The number of hydroxylamine groups is 1. The summed E-state index contributed by atoms with van der Waals surface area (Å²) in [5.41, 5.74) is 2.71. The Labute approximate surface area is 280 Å². The normalized spacial score (nSPS) is 21.0. The molecule has 1 amide bonds. The Kier molecular flexibility index (Phi) is 9.60. The molecular formula is C35H44F2N8O3. The monoisotopic (exact) mass is 662 g/mol. The van der Waals surface area contributed by atoms with Gasteiger partial charge >= 0.3 is 0 Å². The molecule has 2 N–H and O–H groups in total. The molecule has 0 radical (unpaired) electrons. The van der Waals surface area contributed by atoms with E-state index in [4.69, 9.17) is 9.57 Å². The molecule has 0 unspecified atom stereocenters. The van der Waals surface area contributed by atoms with Gasteiger partial charge in [0.25, 0.3) is 0 Å². The van der Waals surface area contributed by atoms with Crippen molar-refractivity contribution >= 4 is 34.6 Å². The number of carbonyl (C=O) groups is 1. The second kappa shape index (κ2) is 14.2. The van der Waals surface area contributed by atoms with Crippen LogP contribution in [0.4, 0.5) is 37.5 Å². The quantitative estimate of drug-likeness (QED) is 0.290. The Morgan fingerprint density at radius 1 is 0.875 bits per heavy atom. The third-order valence-electron chi connectivity index (χ3n) is 9.96. The first-order chi connectivity index (χ1) is 23.4. The molecule has 1 atom stereocenters. The largest absolute Gasteiger partial charge is 0.494 e. The van der Waals surface area contributed by atoms with Gasteiger partial charge in [-0.25, -0.2) is 23.8 Å². The molecule has 1 aliphatic carbocycles. The average Bonchev–Trinajstić information content (AvgIpc) is 3.83. The standard InChI is InChI=1S/C35H44F2N8O3/c1-3-35(46)41-28-19-29(40-33-21-34(39-22-38-33)45-30(8-15-48-45)23-16-24(36)18-25(37)17-23)32(47-2)20-31(28)44-9-6-27(7-10-44)43-13-11-42(12-14-43)26-4-5-26/h16-22,26-27,30H,3-15H2,1-2H3,(H,41,46)(H,38,39,40)/t30-/m1/s1. The summed E-state index contributed by atoms with van der Waals surface area (Å²) in [6, 6.07) is 10.0.